The van der Waals surface area contributed by atoms with Crippen LogP contribution in [0.25, 0.3) is 0 Å². The minimum absolute atomic E-state index is 0.399. The van der Waals surface area contributed by atoms with Gasteiger partial charge in [-0.1, -0.05) is 35.0 Å². The number of halogens is 1. The van der Waals surface area contributed by atoms with Crippen LogP contribution in [-0.2, 0) is 11.2 Å². The Balaban J connectivity index is 2.37. The van der Waals surface area contributed by atoms with Crippen molar-refractivity contribution in [3.05, 3.63) is 33.8 Å². The molecule has 0 aliphatic rings. The molecule has 0 fully saturated rings. The predicted octanol–water partition coefficient (Wildman–Crippen LogP) is 4.45. The Morgan fingerprint density at radius 1 is 1.31 bits per heavy atom. The van der Waals surface area contributed by atoms with Crippen LogP contribution in [0.5, 0.6) is 0 Å². The first kappa shape index (κ1) is 13.4. The summed E-state index contributed by atoms with van der Waals surface area (Å²) in [5, 5.41) is 0. The second kappa shape index (κ2) is 6.85. The molecule has 0 N–H and O–H groups in total. The van der Waals surface area contributed by atoms with E-state index in [0.29, 0.717) is 5.78 Å². The average molecular weight is 283 g/mol. The van der Waals surface area contributed by atoms with E-state index in [4.69, 9.17) is 0 Å². The molecule has 0 radical (unpaired) electrons. The third kappa shape index (κ3) is 4.48. The monoisotopic (exact) mass is 282 g/mol. The van der Waals surface area contributed by atoms with E-state index in [0.717, 1.165) is 36.6 Å². The van der Waals surface area contributed by atoms with Gasteiger partial charge in [-0.2, -0.15) is 0 Å². The lowest BCUT2D eigenvalue weighted by molar-refractivity contribution is -0.119. The van der Waals surface area contributed by atoms with Crippen LogP contribution in [0.2, 0.25) is 0 Å². The smallest absolute Gasteiger partial charge is 0.132 e. The van der Waals surface area contributed by atoms with Crippen LogP contribution < -0.4 is 0 Å². The van der Waals surface area contributed by atoms with Crippen molar-refractivity contribution in [2.24, 2.45) is 0 Å². The highest BCUT2D eigenvalue weighted by atomic mass is 79.9. The fourth-order valence-corrected chi connectivity index (χ4v) is 2.00. The normalized spacial score (nSPS) is 10.4. The Hall–Kier alpha value is -0.630. The van der Waals surface area contributed by atoms with Crippen LogP contribution >= 0.6 is 15.9 Å². The minimum atomic E-state index is 0.399. The van der Waals surface area contributed by atoms with Crippen LogP contribution in [0, 0.1) is 6.92 Å². The van der Waals surface area contributed by atoms with Gasteiger partial charge in [-0.05, 0) is 43.4 Å². The number of aryl methyl sites for hydroxylation is 2. The zero-order valence-corrected chi connectivity index (χ0v) is 11.6. The fourth-order valence-electron chi connectivity index (χ4n) is 1.76. The van der Waals surface area contributed by atoms with Crippen molar-refractivity contribution in [1.29, 1.82) is 0 Å². The Kier molecular flexibility index (Phi) is 5.75. The highest BCUT2D eigenvalue weighted by Crippen LogP contribution is 2.18. The van der Waals surface area contributed by atoms with E-state index >= 15 is 0 Å². The Morgan fingerprint density at radius 3 is 2.69 bits per heavy atom. The van der Waals surface area contributed by atoms with E-state index in [1.54, 1.807) is 0 Å². The lowest BCUT2D eigenvalue weighted by atomic mass is 10.0. The molecule has 0 amide bonds. The van der Waals surface area contributed by atoms with Gasteiger partial charge in [0.2, 0.25) is 0 Å². The molecule has 0 spiro atoms. The van der Waals surface area contributed by atoms with E-state index in [-0.39, 0.29) is 0 Å². The third-order valence-corrected chi connectivity index (χ3v) is 3.56. The molecule has 0 heterocycles. The van der Waals surface area contributed by atoms with Gasteiger partial charge >= 0.3 is 0 Å². The minimum Gasteiger partial charge on any atom is -0.300 e. The summed E-state index contributed by atoms with van der Waals surface area (Å²) in [7, 11) is 0. The van der Waals surface area contributed by atoms with Gasteiger partial charge in [0.25, 0.3) is 0 Å². The summed E-state index contributed by atoms with van der Waals surface area (Å²) < 4.78 is 1.15. The van der Waals surface area contributed by atoms with Crippen molar-refractivity contribution in [1.82, 2.24) is 0 Å². The first-order valence-electron chi connectivity index (χ1n) is 5.90. The molecule has 0 aliphatic heterocycles. The summed E-state index contributed by atoms with van der Waals surface area (Å²) in [6.45, 7) is 4.14. The SMILES string of the molecule is CCCC(=O)CCCc1ccc(Br)c(C)c1. The summed E-state index contributed by atoms with van der Waals surface area (Å²) in [4.78, 5) is 11.3. The second-order valence-electron chi connectivity index (χ2n) is 4.23. The van der Waals surface area contributed by atoms with Crippen LogP contribution in [0.15, 0.2) is 22.7 Å². The number of hydrogen-bond donors (Lipinski definition) is 0. The van der Waals surface area contributed by atoms with Crippen molar-refractivity contribution in [2.75, 3.05) is 0 Å². The quantitative estimate of drug-likeness (QED) is 0.753. The molecule has 88 valence electrons. The maximum Gasteiger partial charge on any atom is 0.132 e. The molecule has 0 atom stereocenters. The lowest BCUT2D eigenvalue weighted by Gasteiger charge is -2.04. The van der Waals surface area contributed by atoms with Crippen molar-refractivity contribution >= 4 is 21.7 Å². The van der Waals surface area contributed by atoms with Gasteiger partial charge in [-0.25, -0.2) is 0 Å². The Morgan fingerprint density at radius 2 is 2.06 bits per heavy atom. The number of hydrogen-bond acceptors (Lipinski definition) is 1. The van der Waals surface area contributed by atoms with Crippen LogP contribution in [0.1, 0.15) is 43.7 Å². The molecule has 16 heavy (non-hydrogen) atoms. The van der Waals surface area contributed by atoms with E-state index < -0.39 is 0 Å². The third-order valence-electron chi connectivity index (χ3n) is 2.67. The molecule has 1 nitrogen and oxygen atoms in total. The molecule has 0 aliphatic carbocycles. The summed E-state index contributed by atoms with van der Waals surface area (Å²) in [6, 6.07) is 6.40. The van der Waals surface area contributed by atoms with Crippen molar-refractivity contribution in [3.8, 4) is 0 Å². The Bertz CT molecular complexity index is 358. The van der Waals surface area contributed by atoms with E-state index in [1.807, 2.05) is 0 Å². The number of rotatable bonds is 6. The molecule has 1 aromatic rings. The maximum atomic E-state index is 11.3. The molecular formula is C14H19BrO. The Labute approximate surface area is 106 Å². The van der Waals surface area contributed by atoms with Crippen molar-refractivity contribution < 1.29 is 4.79 Å². The van der Waals surface area contributed by atoms with E-state index in [9.17, 15) is 4.79 Å². The molecular weight excluding hydrogens is 264 g/mol. The molecule has 0 aromatic heterocycles. The lowest BCUT2D eigenvalue weighted by Crippen LogP contribution is -1.98. The van der Waals surface area contributed by atoms with Gasteiger partial charge in [0.05, 0.1) is 0 Å². The number of carbonyl (C=O) groups is 1. The summed E-state index contributed by atoms with van der Waals surface area (Å²) in [5.74, 6) is 0.399. The van der Waals surface area contributed by atoms with Gasteiger partial charge in [0, 0.05) is 17.3 Å². The van der Waals surface area contributed by atoms with Gasteiger partial charge < -0.3 is 0 Å². The first-order chi connectivity index (χ1) is 7.63. The molecule has 0 saturated carbocycles. The fraction of sp³-hybridized carbons (Fsp3) is 0.500. The summed E-state index contributed by atoms with van der Waals surface area (Å²) in [6.07, 6.45) is 4.40. The van der Waals surface area contributed by atoms with Gasteiger partial charge in [0.15, 0.2) is 0 Å². The molecule has 1 aromatic carbocycles. The number of Topliss-reactive ketones (excluding diaryl/α,β-unsaturated/α-hetero) is 1. The molecule has 1 rings (SSSR count). The van der Waals surface area contributed by atoms with Crippen molar-refractivity contribution in [2.45, 2.75) is 46.0 Å². The van der Waals surface area contributed by atoms with E-state index in [2.05, 4.69) is 48.0 Å². The van der Waals surface area contributed by atoms with Gasteiger partial charge in [0.1, 0.15) is 5.78 Å². The number of benzene rings is 1. The number of carbonyl (C=O) groups excluding carboxylic acids is 1. The average Bonchev–Trinajstić information content (AvgIpc) is 2.24. The van der Waals surface area contributed by atoms with Crippen LogP contribution in [0.4, 0.5) is 0 Å². The second-order valence-corrected chi connectivity index (χ2v) is 5.08. The molecule has 0 saturated heterocycles. The number of ketones is 1. The van der Waals surface area contributed by atoms with E-state index in [1.165, 1.54) is 11.1 Å². The zero-order valence-electron chi connectivity index (χ0n) is 10.1. The maximum absolute atomic E-state index is 11.3. The van der Waals surface area contributed by atoms with Crippen LogP contribution in [-0.4, -0.2) is 5.78 Å². The summed E-state index contributed by atoms with van der Waals surface area (Å²) >= 11 is 3.49. The molecule has 0 bridgehead atoms. The van der Waals surface area contributed by atoms with Crippen LogP contribution in [0.3, 0.4) is 0 Å². The van der Waals surface area contributed by atoms with Crippen molar-refractivity contribution in [3.63, 3.8) is 0 Å². The highest BCUT2D eigenvalue weighted by molar-refractivity contribution is 9.10. The topological polar surface area (TPSA) is 17.1 Å². The van der Waals surface area contributed by atoms with Gasteiger partial charge in [-0.3, -0.25) is 4.79 Å². The molecule has 2 heteroatoms. The van der Waals surface area contributed by atoms with Gasteiger partial charge in [-0.15, -0.1) is 0 Å². The predicted molar refractivity (Wildman–Crippen MR) is 71.7 cm³/mol. The first-order valence-corrected chi connectivity index (χ1v) is 6.69. The zero-order chi connectivity index (χ0) is 12.0. The molecule has 0 unspecified atom stereocenters. The standard InChI is InChI=1S/C14H19BrO/c1-3-5-13(16)7-4-6-12-8-9-14(15)11(2)10-12/h8-10H,3-7H2,1-2H3. The highest BCUT2D eigenvalue weighted by Gasteiger charge is 2.01. The summed E-state index contributed by atoms with van der Waals surface area (Å²) in [5.41, 5.74) is 2.59. The largest absolute Gasteiger partial charge is 0.300 e.